The number of rotatable bonds is 1. The Morgan fingerprint density at radius 2 is 2.17 bits per heavy atom. The van der Waals surface area contributed by atoms with Gasteiger partial charge in [0.25, 0.3) is 0 Å². The fraction of sp³-hybridized carbons (Fsp3) is 0.800. The van der Waals surface area contributed by atoms with Gasteiger partial charge in [0, 0.05) is 0 Å². The monoisotopic (exact) mass is 165 g/mol. The Balaban J connectivity index is 2.38. The highest BCUT2D eigenvalue weighted by Crippen LogP contribution is 2.58. The van der Waals surface area contributed by atoms with Crippen LogP contribution in [0.1, 0.15) is 33.6 Å². The first-order valence-electron chi connectivity index (χ1n) is 4.60. The molecule has 0 radical (unpaired) electrons. The van der Waals surface area contributed by atoms with E-state index in [1.54, 1.807) is 0 Å². The number of fused-ring (bicyclic) bond motifs is 2. The van der Waals surface area contributed by atoms with E-state index in [1.807, 2.05) is 0 Å². The number of nitroso groups, excluding NO2 is 1. The first-order chi connectivity index (χ1) is 5.57. The lowest BCUT2D eigenvalue weighted by Crippen LogP contribution is -2.45. The zero-order chi connectivity index (χ0) is 8.93. The number of allylic oxidation sites excluding steroid dienone is 1. The van der Waals surface area contributed by atoms with Gasteiger partial charge in [0.1, 0.15) is 6.04 Å². The highest BCUT2D eigenvalue weighted by atomic mass is 16.3. The van der Waals surface area contributed by atoms with Crippen molar-refractivity contribution in [1.29, 1.82) is 0 Å². The summed E-state index contributed by atoms with van der Waals surface area (Å²) >= 11 is 0. The van der Waals surface area contributed by atoms with Gasteiger partial charge in [0.2, 0.25) is 0 Å². The van der Waals surface area contributed by atoms with Gasteiger partial charge in [-0.25, -0.2) is 0 Å². The molecular formula is C10H15NO. The van der Waals surface area contributed by atoms with Crippen LogP contribution >= 0.6 is 0 Å². The normalized spacial score (nSPS) is 37.6. The summed E-state index contributed by atoms with van der Waals surface area (Å²) in [6, 6.07) is -0.00762. The van der Waals surface area contributed by atoms with E-state index in [0.29, 0.717) is 11.3 Å². The second kappa shape index (κ2) is 2.18. The smallest absolute Gasteiger partial charge is 0.113 e. The van der Waals surface area contributed by atoms with Gasteiger partial charge >= 0.3 is 0 Å². The molecule has 2 heteroatoms. The molecule has 1 saturated carbocycles. The van der Waals surface area contributed by atoms with E-state index < -0.39 is 0 Å². The molecule has 2 nitrogen and oxygen atoms in total. The average molecular weight is 165 g/mol. The summed E-state index contributed by atoms with van der Waals surface area (Å²) in [5.41, 5.74) is 3.10. The molecule has 0 aliphatic heterocycles. The van der Waals surface area contributed by atoms with Crippen LogP contribution in [0.15, 0.2) is 16.3 Å². The highest BCUT2D eigenvalue weighted by Gasteiger charge is 2.49. The molecule has 3 aliphatic rings. The largest absolute Gasteiger partial charge is 0.150 e. The Morgan fingerprint density at radius 3 is 2.58 bits per heavy atom. The van der Waals surface area contributed by atoms with Crippen molar-refractivity contribution in [2.24, 2.45) is 16.5 Å². The lowest BCUT2D eigenvalue weighted by Gasteiger charge is -2.53. The maximum Gasteiger partial charge on any atom is 0.113 e. The Hall–Kier alpha value is -0.660. The van der Waals surface area contributed by atoms with Gasteiger partial charge < -0.3 is 0 Å². The van der Waals surface area contributed by atoms with E-state index in [9.17, 15) is 4.91 Å². The van der Waals surface area contributed by atoms with E-state index in [1.165, 1.54) is 17.6 Å². The molecule has 0 heterocycles. The summed E-state index contributed by atoms with van der Waals surface area (Å²) < 4.78 is 0. The molecule has 0 spiro atoms. The third-order valence-corrected chi connectivity index (χ3v) is 3.86. The van der Waals surface area contributed by atoms with Gasteiger partial charge in [0.05, 0.1) is 0 Å². The van der Waals surface area contributed by atoms with Crippen LogP contribution in [0.2, 0.25) is 0 Å². The summed E-state index contributed by atoms with van der Waals surface area (Å²) in [7, 11) is 0. The van der Waals surface area contributed by atoms with Crippen LogP contribution in [0, 0.1) is 16.2 Å². The fourth-order valence-electron chi connectivity index (χ4n) is 2.70. The SMILES string of the molecule is CC1=C2CC(CC1N=O)C2(C)C. The van der Waals surface area contributed by atoms with Crippen molar-refractivity contribution >= 4 is 0 Å². The molecule has 0 saturated heterocycles. The molecule has 0 aromatic heterocycles. The minimum atomic E-state index is -0.00762. The Morgan fingerprint density at radius 1 is 1.50 bits per heavy atom. The third-order valence-electron chi connectivity index (χ3n) is 3.86. The summed E-state index contributed by atoms with van der Waals surface area (Å²) in [5.74, 6) is 0.707. The number of hydrogen-bond acceptors (Lipinski definition) is 2. The fourth-order valence-corrected chi connectivity index (χ4v) is 2.70. The molecule has 66 valence electrons. The van der Waals surface area contributed by atoms with Crippen LogP contribution in [-0.4, -0.2) is 6.04 Å². The predicted octanol–water partition coefficient (Wildman–Crippen LogP) is 2.89. The summed E-state index contributed by atoms with van der Waals surface area (Å²) in [4.78, 5) is 10.5. The maximum atomic E-state index is 10.5. The Labute approximate surface area is 73.0 Å². The van der Waals surface area contributed by atoms with Crippen molar-refractivity contribution in [2.75, 3.05) is 0 Å². The van der Waals surface area contributed by atoms with Crippen LogP contribution in [0.5, 0.6) is 0 Å². The molecule has 0 amide bonds. The second-order valence-corrected chi connectivity index (χ2v) is 4.64. The van der Waals surface area contributed by atoms with Gasteiger partial charge in [-0.15, -0.1) is 0 Å². The molecule has 0 N–H and O–H groups in total. The average Bonchev–Trinajstić information content (AvgIpc) is 2.03. The van der Waals surface area contributed by atoms with Gasteiger partial charge in [-0.1, -0.05) is 24.6 Å². The predicted molar refractivity (Wildman–Crippen MR) is 48.8 cm³/mol. The minimum absolute atomic E-state index is 0.00762. The third kappa shape index (κ3) is 0.755. The zero-order valence-electron chi connectivity index (χ0n) is 7.92. The van der Waals surface area contributed by atoms with Crippen LogP contribution in [0.4, 0.5) is 0 Å². The molecule has 0 aromatic rings. The standard InChI is InChI=1S/C10H15NO/c1-6-8-4-7(10(8,2)3)5-9(6)11-12/h7,9H,4-5H2,1-3H3. The Kier molecular flexibility index (Phi) is 1.45. The molecule has 3 aliphatic carbocycles. The molecule has 12 heavy (non-hydrogen) atoms. The molecule has 2 unspecified atom stereocenters. The molecule has 2 bridgehead atoms. The van der Waals surface area contributed by atoms with Crippen molar-refractivity contribution < 1.29 is 0 Å². The van der Waals surface area contributed by atoms with Crippen molar-refractivity contribution in [3.05, 3.63) is 16.1 Å². The van der Waals surface area contributed by atoms with Gasteiger partial charge in [0.15, 0.2) is 0 Å². The minimum Gasteiger partial charge on any atom is -0.150 e. The molecule has 3 rings (SSSR count). The lowest BCUT2D eigenvalue weighted by molar-refractivity contribution is 0.125. The second-order valence-electron chi connectivity index (χ2n) is 4.64. The molecule has 0 aromatic carbocycles. The van der Waals surface area contributed by atoms with Crippen molar-refractivity contribution in [3.63, 3.8) is 0 Å². The van der Waals surface area contributed by atoms with Crippen LogP contribution in [0.3, 0.4) is 0 Å². The van der Waals surface area contributed by atoms with E-state index in [0.717, 1.165) is 6.42 Å². The van der Waals surface area contributed by atoms with Crippen molar-refractivity contribution in [3.8, 4) is 0 Å². The summed E-state index contributed by atoms with van der Waals surface area (Å²) in [5, 5.41) is 3.17. The molecular weight excluding hydrogens is 150 g/mol. The zero-order valence-corrected chi connectivity index (χ0v) is 7.92. The van der Waals surface area contributed by atoms with Crippen molar-refractivity contribution in [2.45, 2.75) is 39.7 Å². The van der Waals surface area contributed by atoms with Crippen molar-refractivity contribution in [1.82, 2.24) is 0 Å². The van der Waals surface area contributed by atoms with Gasteiger partial charge in [-0.05, 0) is 36.7 Å². The van der Waals surface area contributed by atoms with Gasteiger partial charge in [-0.3, -0.25) is 0 Å². The molecule has 1 fully saturated rings. The quantitative estimate of drug-likeness (QED) is 0.434. The number of nitrogens with zero attached hydrogens (tertiary/aromatic N) is 1. The molecule has 2 atom stereocenters. The van der Waals surface area contributed by atoms with Crippen LogP contribution < -0.4 is 0 Å². The summed E-state index contributed by atoms with van der Waals surface area (Å²) in [6.07, 6.45) is 2.19. The first kappa shape index (κ1) is 7.96. The van der Waals surface area contributed by atoms with Gasteiger partial charge in [-0.2, -0.15) is 4.91 Å². The van der Waals surface area contributed by atoms with E-state index in [4.69, 9.17) is 0 Å². The maximum absolute atomic E-state index is 10.5. The van der Waals surface area contributed by atoms with E-state index in [-0.39, 0.29) is 6.04 Å². The van der Waals surface area contributed by atoms with E-state index in [2.05, 4.69) is 25.9 Å². The number of hydrogen-bond donors (Lipinski definition) is 0. The summed E-state index contributed by atoms with van der Waals surface area (Å²) in [6.45, 7) is 6.63. The topological polar surface area (TPSA) is 29.4 Å². The Bertz CT molecular complexity index is 265. The van der Waals surface area contributed by atoms with E-state index >= 15 is 0 Å². The highest BCUT2D eigenvalue weighted by molar-refractivity contribution is 5.36. The first-order valence-corrected chi connectivity index (χ1v) is 4.60. The van der Waals surface area contributed by atoms with Crippen LogP contribution in [-0.2, 0) is 0 Å². The van der Waals surface area contributed by atoms with Crippen LogP contribution in [0.25, 0.3) is 0 Å². The lowest BCUT2D eigenvalue weighted by atomic mass is 9.51.